The fourth-order valence-corrected chi connectivity index (χ4v) is 2.29. The molecule has 1 aromatic carbocycles. The molecule has 0 radical (unpaired) electrons. The summed E-state index contributed by atoms with van der Waals surface area (Å²) in [4.78, 5) is 17.1. The highest BCUT2D eigenvalue weighted by Crippen LogP contribution is 2.13. The number of aromatic nitrogens is 2. The van der Waals surface area contributed by atoms with Gasteiger partial charge in [0.1, 0.15) is 0 Å². The van der Waals surface area contributed by atoms with Crippen molar-refractivity contribution in [2.24, 2.45) is 0 Å². The molecule has 0 amide bonds. The van der Waals surface area contributed by atoms with Crippen molar-refractivity contribution < 1.29 is 5.11 Å². The number of rotatable bonds is 4. The van der Waals surface area contributed by atoms with E-state index in [0.717, 1.165) is 6.42 Å². The van der Waals surface area contributed by atoms with E-state index in [1.54, 1.807) is 17.0 Å². The number of aliphatic hydroxyl groups is 1. The minimum atomic E-state index is -0.0702. The molecular weight excluding hydrogens is 264 g/mol. The maximum atomic E-state index is 12.7. The largest absolute Gasteiger partial charge is 0.396 e. The minimum Gasteiger partial charge on any atom is -0.396 e. The summed E-state index contributed by atoms with van der Waals surface area (Å²) in [6.45, 7) is 2.06. The number of hydrogen-bond acceptors (Lipinski definition) is 3. The molecule has 0 aliphatic rings. The quantitative estimate of drug-likeness (QED) is 0.939. The molecule has 0 saturated heterocycles. The monoisotopic (exact) mass is 284 g/mol. The van der Waals surface area contributed by atoms with Gasteiger partial charge < -0.3 is 5.11 Å². The van der Waals surface area contributed by atoms with Gasteiger partial charge in [0.2, 0.25) is 0 Å². The summed E-state index contributed by atoms with van der Waals surface area (Å²) < 4.78 is 1.62. The van der Waals surface area contributed by atoms with Crippen molar-refractivity contribution in [2.75, 3.05) is 6.61 Å². The van der Waals surface area contributed by atoms with E-state index in [2.05, 4.69) is 4.98 Å². The van der Waals surface area contributed by atoms with Crippen molar-refractivity contribution in [1.82, 2.24) is 9.55 Å². The number of aliphatic hydroxyl groups excluding tert-OH is 1. The maximum absolute atomic E-state index is 12.7. The Morgan fingerprint density at radius 3 is 2.48 bits per heavy atom. The van der Waals surface area contributed by atoms with Crippen molar-refractivity contribution >= 4 is 10.9 Å². The van der Waals surface area contributed by atoms with Gasteiger partial charge in [-0.05, 0) is 25.0 Å². The molecule has 0 aliphatic heterocycles. The van der Waals surface area contributed by atoms with E-state index in [1.165, 1.54) is 0 Å². The van der Waals surface area contributed by atoms with Gasteiger partial charge in [0.05, 0.1) is 17.2 Å². The summed E-state index contributed by atoms with van der Waals surface area (Å²) in [5, 5.41) is 9.71. The zero-order chi connectivity index (χ0) is 15.1. The second-order valence-corrected chi connectivity index (χ2v) is 4.82. The highest BCUT2D eigenvalue weighted by Gasteiger charge is 2.11. The molecule has 0 spiro atoms. The fourth-order valence-electron chi connectivity index (χ4n) is 2.29. The van der Waals surface area contributed by atoms with Crippen LogP contribution in [0.3, 0.4) is 0 Å². The third-order valence-corrected chi connectivity index (χ3v) is 3.46. The molecular formula is C17H20N2O2. The SMILES string of the molecule is CCC(CCO)n1cnc2ccccccccc2c1=O. The van der Waals surface area contributed by atoms with Crippen LogP contribution in [0, 0.1) is 0 Å². The van der Waals surface area contributed by atoms with Gasteiger partial charge in [-0.3, -0.25) is 9.36 Å². The summed E-state index contributed by atoms with van der Waals surface area (Å²) in [7, 11) is 0. The number of fused-ring (bicyclic) bond motifs is 1. The third kappa shape index (κ3) is 3.67. The summed E-state index contributed by atoms with van der Waals surface area (Å²) >= 11 is 0. The van der Waals surface area contributed by atoms with Crippen LogP contribution >= 0.6 is 0 Å². The van der Waals surface area contributed by atoms with Gasteiger partial charge in [-0.25, -0.2) is 4.98 Å². The maximum Gasteiger partial charge on any atom is 0.261 e. The average molecular weight is 284 g/mol. The molecule has 1 unspecified atom stereocenters. The minimum absolute atomic E-state index is 0.0245. The lowest BCUT2D eigenvalue weighted by Gasteiger charge is -2.16. The van der Waals surface area contributed by atoms with E-state index in [1.807, 2.05) is 49.4 Å². The second kappa shape index (κ2) is 7.55. The van der Waals surface area contributed by atoms with Crippen LogP contribution in [0.5, 0.6) is 0 Å². The first kappa shape index (κ1) is 15.2. The van der Waals surface area contributed by atoms with Gasteiger partial charge in [-0.15, -0.1) is 0 Å². The first-order chi connectivity index (χ1) is 10.3. The lowest BCUT2D eigenvalue weighted by molar-refractivity contribution is 0.252. The molecule has 0 fully saturated rings. The van der Waals surface area contributed by atoms with Gasteiger partial charge >= 0.3 is 0 Å². The molecule has 4 heteroatoms. The van der Waals surface area contributed by atoms with Gasteiger partial charge in [0, 0.05) is 12.6 Å². The molecule has 110 valence electrons. The van der Waals surface area contributed by atoms with E-state index in [-0.39, 0.29) is 18.2 Å². The summed E-state index contributed by atoms with van der Waals surface area (Å²) in [6.07, 6.45) is 2.91. The normalized spacial score (nSPS) is 11.9. The zero-order valence-electron chi connectivity index (χ0n) is 12.1. The van der Waals surface area contributed by atoms with Crippen molar-refractivity contribution in [3.05, 3.63) is 65.2 Å². The van der Waals surface area contributed by atoms with Crippen molar-refractivity contribution in [2.45, 2.75) is 25.8 Å². The molecule has 1 N–H and O–H groups in total. The predicted octanol–water partition coefficient (Wildman–Crippen LogP) is 2.85. The Morgan fingerprint density at radius 2 is 1.81 bits per heavy atom. The summed E-state index contributed by atoms with van der Waals surface area (Å²) in [5.74, 6) is 0. The molecule has 1 heterocycles. The molecule has 1 atom stereocenters. The van der Waals surface area contributed by atoms with Crippen LogP contribution in [0.15, 0.2) is 59.7 Å². The van der Waals surface area contributed by atoms with Crippen molar-refractivity contribution in [1.29, 1.82) is 0 Å². The zero-order valence-corrected chi connectivity index (χ0v) is 12.1. The summed E-state index contributed by atoms with van der Waals surface area (Å²) in [6, 6.07) is 14.9. The van der Waals surface area contributed by atoms with E-state index in [0.29, 0.717) is 17.3 Å². The lowest BCUT2D eigenvalue weighted by atomic mass is 10.1. The van der Waals surface area contributed by atoms with Crippen LogP contribution in [-0.4, -0.2) is 21.3 Å². The van der Waals surface area contributed by atoms with E-state index < -0.39 is 0 Å². The van der Waals surface area contributed by atoms with Crippen LogP contribution in [0.4, 0.5) is 0 Å². The van der Waals surface area contributed by atoms with Crippen molar-refractivity contribution in [3.63, 3.8) is 0 Å². The molecule has 2 aromatic rings. The molecule has 2 rings (SSSR count). The van der Waals surface area contributed by atoms with E-state index >= 15 is 0 Å². The molecule has 1 aromatic heterocycles. The van der Waals surface area contributed by atoms with E-state index in [4.69, 9.17) is 5.11 Å². The van der Waals surface area contributed by atoms with Crippen molar-refractivity contribution in [3.8, 4) is 0 Å². The highest BCUT2D eigenvalue weighted by molar-refractivity contribution is 5.75. The van der Waals surface area contributed by atoms with Crippen LogP contribution in [-0.2, 0) is 0 Å². The molecule has 0 aliphatic carbocycles. The molecule has 4 nitrogen and oxygen atoms in total. The lowest BCUT2D eigenvalue weighted by Crippen LogP contribution is -2.25. The molecule has 21 heavy (non-hydrogen) atoms. The van der Waals surface area contributed by atoms with Crippen LogP contribution < -0.4 is 5.56 Å². The number of nitrogens with zero attached hydrogens (tertiary/aromatic N) is 2. The Labute approximate surface area is 124 Å². The Morgan fingerprint density at radius 1 is 1.14 bits per heavy atom. The highest BCUT2D eigenvalue weighted by atomic mass is 16.3. The van der Waals surface area contributed by atoms with Crippen LogP contribution in [0.2, 0.25) is 0 Å². The second-order valence-electron chi connectivity index (χ2n) is 4.82. The Bertz CT molecular complexity index is 708. The standard InChI is InChI=1S/C17H20N2O2/c1-2-14(11-12-20)19-13-18-16-10-8-6-4-3-5-7-9-15(16)17(19)21/h3-10,13-14,20H,2,11-12H2,1H3. The first-order valence-corrected chi connectivity index (χ1v) is 7.18. The van der Waals surface area contributed by atoms with E-state index in [9.17, 15) is 4.79 Å². The van der Waals surface area contributed by atoms with Crippen LogP contribution in [0.1, 0.15) is 25.8 Å². The average Bonchev–Trinajstić information content (AvgIpc) is 2.51. The van der Waals surface area contributed by atoms with Gasteiger partial charge in [-0.2, -0.15) is 0 Å². The Kier molecular flexibility index (Phi) is 5.46. The van der Waals surface area contributed by atoms with Gasteiger partial charge in [0.25, 0.3) is 5.56 Å². The predicted molar refractivity (Wildman–Crippen MR) is 84.7 cm³/mol. The summed E-state index contributed by atoms with van der Waals surface area (Å²) in [5.41, 5.74) is 0.588. The molecule has 0 saturated carbocycles. The third-order valence-electron chi connectivity index (χ3n) is 3.46. The first-order valence-electron chi connectivity index (χ1n) is 7.18. The smallest absolute Gasteiger partial charge is 0.261 e. The fraction of sp³-hybridized carbons (Fsp3) is 0.294. The number of hydrogen-bond donors (Lipinski definition) is 1. The van der Waals surface area contributed by atoms with Crippen LogP contribution in [0.25, 0.3) is 10.9 Å². The van der Waals surface area contributed by atoms with Gasteiger partial charge in [-0.1, -0.05) is 43.3 Å². The molecule has 0 bridgehead atoms. The topological polar surface area (TPSA) is 55.1 Å². The van der Waals surface area contributed by atoms with Gasteiger partial charge in [0.15, 0.2) is 0 Å². The Hall–Kier alpha value is -2.20. The Balaban J connectivity index is 2.69.